The molecule has 2 N–H and O–H groups in total. The van der Waals surface area contributed by atoms with E-state index in [2.05, 4.69) is 105 Å². The molecule has 1 aliphatic carbocycles. The third-order valence-corrected chi connectivity index (χ3v) is 4.77. The van der Waals surface area contributed by atoms with Gasteiger partial charge in [0.25, 0.3) is 0 Å². The monoisotopic (exact) mass is 555 g/mol. The topological polar surface area (TPSA) is 24.1 Å². The molecule has 0 radical (unpaired) electrons. The van der Waals surface area contributed by atoms with Crippen molar-refractivity contribution in [1.82, 2.24) is 10.6 Å². The number of benzene rings is 2. The SMILES string of the molecule is C1=CCC(c2cccc3c2[cH-]c2ccccc23)=C1.CCNCC.CCNCC.[Hf]. The molecule has 0 amide bonds. The van der Waals surface area contributed by atoms with Crippen LogP contribution in [0.4, 0.5) is 0 Å². The van der Waals surface area contributed by atoms with Crippen LogP contribution in [0.5, 0.6) is 0 Å². The van der Waals surface area contributed by atoms with E-state index in [1.54, 1.807) is 0 Å². The molecule has 0 unspecified atom stereocenters. The van der Waals surface area contributed by atoms with Gasteiger partial charge in [-0.05, 0) is 32.6 Å². The van der Waals surface area contributed by atoms with Crippen LogP contribution in [0.25, 0.3) is 27.1 Å². The largest absolute Gasteiger partial charge is 0.317 e. The minimum absolute atomic E-state index is 0. The number of allylic oxidation sites excluding steroid dienone is 4. The number of rotatable bonds is 5. The van der Waals surface area contributed by atoms with E-state index < -0.39 is 0 Å². The van der Waals surface area contributed by atoms with E-state index in [1.165, 1.54) is 32.7 Å². The Labute approximate surface area is 195 Å². The van der Waals surface area contributed by atoms with E-state index in [4.69, 9.17) is 0 Å². The molecule has 0 saturated carbocycles. The van der Waals surface area contributed by atoms with Crippen LogP contribution < -0.4 is 10.6 Å². The molecule has 3 heteroatoms. The Kier molecular flexibility index (Phi) is 12.8. The number of hydrogen-bond acceptors (Lipinski definition) is 2. The van der Waals surface area contributed by atoms with E-state index in [-0.39, 0.29) is 25.8 Å². The summed E-state index contributed by atoms with van der Waals surface area (Å²) in [4.78, 5) is 0. The fourth-order valence-corrected chi connectivity index (χ4v) is 3.41. The van der Waals surface area contributed by atoms with Gasteiger partial charge < -0.3 is 10.6 Å². The summed E-state index contributed by atoms with van der Waals surface area (Å²) in [6.07, 6.45) is 7.65. The van der Waals surface area contributed by atoms with Crippen molar-refractivity contribution in [2.24, 2.45) is 0 Å². The maximum Gasteiger partial charge on any atom is 0 e. The van der Waals surface area contributed by atoms with Crippen molar-refractivity contribution in [3.05, 3.63) is 72.3 Å². The Morgan fingerprint density at radius 1 is 0.793 bits per heavy atom. The fraction of sp³-hybridized carbons (Fsp3) is 0.346. The standard InChI is InChI=1S/C18H13.2C4H11N.Hf/c1-2-7-13(6-1)15-10-5-11-17-16-9-4-3-8-14(16)12-18(15)17;2*1-3-5-4-2;/h1-6,8-12H,7H2;2*5H,3-4H2,1-2H3;/q-1;;;. The summed E-state index contributed by atoms with van der Waals surface area (Å²) >= 11 is 0. The van der Waals surface area contributed by atoms with Crippen molar-refractivity contribution in [2.45, 2.75) is 34.1 Å². The second-order valence-electron chi connectivity index (χ2n) is 6.74. The molecule has 0 atom stereocenters. The van der Waals surface area contributed by atoms with Crippen molar-refractivity contribution in [1.29, 1.82) is 0 Å². The van der Waals surface area contributed by atoms with Crippen molar-refractivity contribution in [3.8, 4) is 0 Å². The molecule has 0 heterocycles. The van der Waals surface area contributed by atoms with Crippen molar-refractivity contribution < 1.29 is 25.8 Å². The molecule has 4 rings (SSSR count). The normalized spacial score (nSPS) is 11.9. The van der Waals surface area contributed by atoms with Crippen LogP contribution in [0.2, 0.25) is 0 Å². The van der Waals surface area contributed by atoms with Crippen LogP contribution in [0.3, 0.4) is 0 Å². The molecule has 0 saturated heterocycles. The van der Waals surface area contributed by atoms with Gasteiger partial charge in [-0.2, -0.15) is 0 Å². The molecule has 0 aromatic heterocycles. The molecule has 29 heavy (non-hydrogen) atoms. The smallest absolute Gasteiger partial charge is 0 e. The zero-order chi connectivity index (χ0) is 20.2. The molecular formula is C26H35HfN2-. The van der Waals surface area contributed by atoms with Gasteiger partial charge >= 0.3 is 0 Å². The summed E-state index contributed by atoms with van der Waals surface area (Å²) in [6.45, 7) is 12.8. The minimum atomic E-state index is 0. The van der Waals surface area contributed by atoms with Gasteiger partial charge in [0.15, 0.2) is 0 Å². The molecule has 2 nitrogen and oxygen atoms in total. The van der Waals surface area contributed by atoms with E-state index in [1.807, 2.05) is 0 Å². The van der Waals surface area contributed by atoms with E-state index in [9.17, 15) is 0 Å². The van der Waals surface area contributed by atoms with Gasteiger partial charge in [-0.25, -0.2) is 0 Å². The number of nitrogens with one attached hydrogen (secondary N) is 2. The maximum absolute atomic E-state index is 3.11. The summed E-state index contributed by atoms with van der Waals surface area (Å²) in [6, 6.07) is 17.6. The molecule has 0 aliphatic heterocycles. The number of fused-ring (bicyclic) bond motifs is 3. The van der Waals surface area contributed by atoms with Crippen LogP contribution in [0.15, 0.2) is 66.8 Å². The van der Waals surface area contributed by atoms with Crippen molar-refractivity contribution in [3.63, 3.8) is 0 Å². The van der Waals surface area contributed by atoms with Gasteiger partial charge in [-0.1, -0.05) is 93.5 Å². The van der Waals surface area contributed by atoms with E-state index >= 15 is 0 Å². The third-order valence-electron chi connectivity index (χ3n) is 4.77. The zero-order valence-corrected chi connectivity index (χ0v) is 22.0. The van der Waals surface area contributed by atoms with E-state index in [0.717, 1.165) is 32.6 Å². The first-order valence-corrected chi connectivity index (χ1v) is 10.6. The van der Waals surface area contributed by atoms with Gasteiger partial charge in [-0.15, -0.1) is 33.7 Å². The Balaban J connectivity index is 0.000000325. The van der Waals surface area contributed by atoms with Crippen LogP contribution >= 0.6 is 0 Å². The average molecular weight is 554 g/mol. The quantitative estimate of drug-likeness (QED) is 0.287. The molecule has 154 valence electrons. The molecule has 0 fully saturated rings. The minimum Gasteiger partial charge on any atom is -0.317 e. The first-order chi connectivity index (χ1) is 13.8. The van der Waals surface area contributed by atoms with E-state index in [0.29, 0.717) is 0 Å². The Morgan fingerprint density at radius 3 is 1.97 bits per heavy atom. The summed E-state index contributed by atoms with van der Waals surface area (Å²) in [5, 5.41) is 11.7. The summed E-state index contributed by atoms with van der Waals surface area (Å²) in [5.41, 5.74) is 2.81. The van der Waals surface area contributed by atoms with Crippen LogP contribution in [0.1, 0.15) is 39.7 Å². The predicted octanol–water partition coefficient (Wildman–Crippen LogP) is 6.28. The summed E-state index contributed by atoms with van der Waals surface area (Å²) < 4.78 is 0. The predicted molar refractivity (Wildman–Crippen MR) is 127 cm³/mol. The van der Waals surface area contributed by atoms with Crippen LogP contribution in [0, 0.1) is 0 Å². The van der Waals surface area contributed by atoms with Crippen molar-refractivity contribution in [2.75, 3.05) is 26.2 Å². The van der Waals surface area contributed by atoms with Gasteiger partial charge in [-0.3, -0.25) is 0 Å². The molecular weight excluding hydrogens is 519 g/mol. The van der Waals surface area contributed by atoms with Gasteiger partial charge in [0.05, 0.1) is 0 Å². The van der Waals surface area contributed by atoms with Gasteiger partial charge in [0, 0.05) is 25.8 Å². The van der Waals surface area contributed by atoms with Crippen LogP contribution in [-0.2, 0) is 25.8 Å². The fourth-order valence-electron chi connectivity index (χ4n) is 3.41. The maximum atomic E-state index is 3.11. The Bertz CT molecular complexity index is 895. The second-order valence-corrected chi connectivity index (χ2v) is 6.74. The van der Waals surface area contributed by atoms with Crippen LogP contribution in [-0.4, -0.2) is 26.2 Å². The Morgan fingerprint density at radius 2 is 1.41 bits per heavy atom. The zero-order valence-electron chi connectivity index (χ0n) is 18.4. The first kappa shape index (κ1) is 25.6. The second kappa shape index (κ2) is 14.5. The molecule has 0 spiro atoms. The third kappa shape index (κ3) is 7.40. The first-order valence-electron chi connectivity index (χ1n) is 10.6. The van der Waals surface area contributed by atoms with Crippen molar-refractivity contribution >= 4 is 27.1 Å². The van der Waals surface area contributed by atoms with Gasteiger partial charge in [0.2, 0.25) is 0 Å². The summed E-state index contributed by atoms with van der Waals surface area (Å²) in [7, 11) is 0. The number of hydrogen-bond donors (Lipinski definition) is 2. The summed E-state index contributed by atoms with van der Waals surface area (Å²) in [5.74, 6) is 0. The molecule has 3 aromatic rings. The Hall–Kier alpha value is -1.42. The molecule has 3 aromatic carbocycles. The molecule has 0 bridgehead atoms. The average Bonchev–Trinajstić information content (AvgIpc) is 3.38. The molecule has 1 aliphatic rings. The van der Waals surface area contributed by atoms with Gasteiger partial charge in [0.1, 0.15) is 0 Å².